The van der Waals surface area contributed by atoms with Gasteiger partial charge in [-0.2, -0.15) is 22.4 Å². The second-order valence-corrected chi connectivity index (χ2v) is 14.2. The van der Waals surface area contributed by atoms with Gasteiger partial charge in [0, 0.05) is 41.1 Å². The summed E-state index contributed by atoms with van der Waals surface area (Å²) in [5, 5.41) is 13.2. The Morgan fingerprint density at radius 1 is 1.13 bits per heavy atom. The highest BCUT2D eigenvalue weighted by Crippen LogP contribution is 2.37. The lowest BCUT2D eigenvalue weighted by Crippen LogP contribution is -2.50. The highest BCUT2D eigenvalue weighted by Gasteiger charge is 2.39. The number of nitrogens with two attached hydrogens (primary N) is 1. The predicted octanol–water partition coefficient (Wildman–Crippen LogP) is 3.55. The minimum atomic E-state index is -4.60. The minimum Gasteiger partial charge on any atom is -0.382 e. The predicted molar refractivity (Wildman–Crippen MR) is 156 cm³/mol. The number of dihydropyridines is 1. The van der Waals surface area contributed by atoms with E-state index in [4.69, 9.17) is 5.73 Å². The molecule has 1 aliphatic heterocycles. The Bertz CT molecular complexity index is 1710. The molecule has 0 amide bonds. The second-order valence-electron chi connectivity index (χ2n) is 11.3. The Morgan fingerprint density at radius 2 is 1.87 bits per heavy atom. The van der Waals surface area contributed by atoms with Gasteiger partial charge in [0.2, 0.25) is 0 Å². The average Bonchev–Trinajstić information content (AvgIpc) is 3.53. The van der Waals surface area contributed by atoms with Gasteiger partial charge < -0.3 is 21.7 Å². The molecule has 2 fully saturated rings. The number of rotatable bonds is 10. The molecular formula is C27H30F5N9O2S2. The molecule has 4 heterocycles. The molecule has 1 unspecified atom stereocenters. The van der Waals surface area contributed by atoms with Crippen molar-refractivity contribution in [2.75, 3.05) is 6.54 Å². The maximum absolute atomic E-state index is 13.4. The van der Waals surface area contributed by atoms with Crippen LogP contribution in [0.1, 0.15) is 54.9 Å². The molecule has 6 rings (SSSR count). The van der Waals surface area contributed by atoms with Crippen LogP contribution in [0.15, 0.2) is 48.0 Å². The number of hydrogen-bond acceptors (Lipinski definition) is 11. The molecule has 0 aromatic carbocycles. The summed E-state index contributed by atoms with van der Waals surface area (Å²) < 4.78 is 91.5. The summed E-state index contributed by atoms with van der Waals surface area (Å²) in [4.78, 5) is 12.7. The molecule has 3 aromatic heterocycles. The van der Waals surface area contributed by atoms with Crippen LogP contribution in [-0.4, -0.2) is 62.9 Å². The molecule has 1 atom stereocenters. The highest BCUT2D eigenvalue weighted by molar-refractivity contribution is 7.90. The Kier molecular flexibility index (Phi) is 8.42. The van der Waals surface area contributed by atoms with Gasteiger partial charge in [-0.3, -0.25) is 0 Å². The Balaban J connectivity index is 1.27. The van der Waals surface area contributed by atoms with E-state index in [0.717, 1.165) is 4.09 Å². The quantitative estimate of drug-likeness (QED) is 0.236. The van der Waals surface area contributed by atoms with Crippen LogP contribution in [0.5, 0.6) is 0 Å². The summed E-state index contributed by atoms with van der Waals surface area (Å²) in [6, 6.07) is 1.41. The monoisotopic (exact) mass is 671 g/mol. The number of nitrogens with zero attached hydrogens (tertiary/aromatic N) is 5. The third kappa shape index (κ3) is 6.87. The Labute approximate surface area is 259 Å². The van der Waals surface area contributed by atoms with Crippen molar-refractivity contribution in [3.8, 4) is 11.4 Å². The summed E-state index contributed by atoms with van der Waals surface area (Å²) in [7, 11) is -3.59. The van der Waals surface area contributed by atoms with Crippen LogP contribution in [0.3, 0.4) is 0 Å². The van der Waals surface area contributed by atoms with Crippen molar-refractivity contribution in [3.63, 3.8) is 0 Å². The maximum Gasteiger partial charge on any atom is 0.443 e. The molecule has 2 saturated carbocycles. The molecule has 3 aromatic rings. The zero-order valence-corrected chi connectivity index (χ0v) is 25.3. The van der Waals surface area contributed by atoms with E-state index in [9.17, 15) is 30.4 Å². The SMILES string of the molecule is NC1(c2ccnc(-c3cnn(S(=O)(=O)C4CC4)c3)n2)C=C(NC2CCC(NCC(F)F)CC2)C(c2csc(C(F)(F)F)n2)=CN1. The van der Waals surface area contributed by atoms with Gasteiger partial charge >= 0.3 is 6.18 Å². The van der Waals surface area contributed by atoms with Crippen molar-refractivity contribution in [3.05, 3.63) is 64.4 Å². The number of alkyl halides is 5. The largest absolute Gasteiger partial charge is 0.443 e. The summed E-state index contributed by atoms with van der Waals surface area (Å²) in [6.07, 6.45) is 3.91. The van der Waals surface area contributed by atoms with Gasteiger partial charge in [-0.1, -0.05) is 0 Å². The van der Waals surface area contributed by atoms with E-state index in [1.54, 1.807) is 12.1 Å². The first-order valence-electron chi connectivity index (χ1n) is 14.3. The first-order chi connectivity index (χ1) is 21.3. The van der Waals surface area contributed by atoms with Gasteiger partial charge in [0.15, 0.2) is 16.5 Å². The number of nitrogens with one attached hydrogen (secondary N) is 3. The van der Waals surface area contributed by atoms with E-state index in [0.29, 0.717) is 72.4 Å². The summed E-state index contributed by atoms with van der Waals surface area (Å²) in [6.45, 7) is -0.383. The Hall–Kier alpha value is -3.48. The average molecular weight is 672 g/mol. The molecule has 0 spiro atoms. The third-order valence-electron chi connectivity index (χ3n) is 7.89. The van der Waals surface area contributed by atoms with Crippen LogP contribution < -0.4 is 21.7 Å². The molecule has 11 nitrogen and oxygen atoms in total. The fraction of sp³-hybridized carbons (Fsp3) is 0.481. The molecule has 45 heavy (non-hydrogen) atoms. The normalized spacial score (nSPS) is 24.2. The molecule has 0 saturated heterocycles. The molecule has 5 N–H and O–H groups in total. The molecule has 0 radical (unpaired) electrons. The van der Waals surface area contributed by atoms with Crippen LogP contribution in [-0.2, 0) is 21.9 Å². The van der Waals surface area contributed by atoms with Crippen LogP contribution in [0, 0.1) is 0 Å². The van der Waals surface area contributed by atoms with E-state index < -0.39 is 38.5 Å². The summed E-state index contributed by atoms with van der Waals surface area (Å²) in [5.41, 5.74) is 6.90. The maximum atomic E-state index is 13.4. The first-order valence-corrected chi connectivity index (χ1v) is 16.6. The van der Waals surface area contributed by atoms with Gasteiger partial charge in [0.1, 0.15) is 0 Å². The lowest BCUT2D eigenvalue weighted by molar-refractivity contribution is -0.137. The van der Waals surface area contributed by atoms with Crippen LogP contribution in [0.4, 0.5) is 22.0 Å². The van der Waals surface area contributed by atoms with Gasteiger partial charge in [0.25, 0.3) is 16.4 Å². The molecule has 0 bridgehead atoms. The lowest BCUT2D eigenvalue weighted by atomic mass is 9.89. The lowest BCUT2D eigenvalue weighted by Gasteiger charge is -2.35. The summed E-state index contributed by atoms with van der Waals surface area (Å²) >= 11 is 0.480. The zero-order valence-electron chi connectivity index (χ0n) is 23.6. The molecule has 242 valence electrons. The summed E-state index contributed by atoms with van der Waals surface area (Å²) in [5.74, 6) is 0.179. The fourth-order valence-corrected chi connectivity index (χ4v) is 7.51. The van der Waals surface area contributed by atoms with Gasteiger partial charge in [-0.05, 0) is 50.7 Å². The highest BCUT2D eigenvalue weighted by atomic mass is 32.2. The van der Waals surface area contributed by atoms with Crippen molar-refractivity contribution in [1.29, 1.82) is 0 Å². The van der Waals surface area contributed by atoms with E-state index in [1.807, 2.05) is 0 Å². The third-order valence-corrected chi connectivity index (χ3v) is 10.8. The van der Waals surface area contributed by atoms with Gasteiger partial charge in [0.05, 0.1) is 41.1 Å². The molecule has 18 heteroatoms. The van der Waals surface area contributed by atoms with Crippen molar-refractivity contribution in [2.45, 2.75) is 74.1 Å². The van der Waals surface area contributed by atoms with Crippen molar-refractivity contribution in [2.24, 2.45) is 5.73 Å². The number of halogens is 5. The van der Waals surface area contributed by atoms with E-state index >= 15 is 0 Å². The minimum absolute atomic E-state index is 0.0568. The first kappa shape index (κ1) is 31.5. The topological polar surface area (TPSA) is 153 Å². The van der Waals surface area contributed by atoms with E-state index in [2.05, 4.69) is 36.0 Å². The molecular weight excluding hydrogens is 641 g/mol. The Morgan fingerprint density at radius 3 is 2.53 bits per heavy atom. The van der Waals surface area contributed by atoms with Crippen LogP contribution in [0.2, 0.25) is 0 Å². The van der Waals surface area contributed by atoms with Crippen LogP contribution in [0.25, 0.3) is 17.0 Å². The van der Waals surface area contributed by atoms with Crippen molar-refractivity contribution >= 4 is 26.9 Å². The number of aromatic nitrogens is 5. The van der Waals surface area contributed by atoms with Crippen LogP contribution >= 0.6 is 11.3 Å². The van der Waals surface area contributed by atoms with Crippen molar-refractivity contribution in [1.82, 2.24) is 40.1 Å². The van der Waals surface area contributed by atoms with E-state index in [-0.39, 0.29) is 30.1 Å². The molecule has 3 aliphatic rings. The fourth-order valence-electron chi connectivity index (χ4n) is 5.35. The van der Waals surface area contributed by atoms with Gasteiger partial charge in [-0.15, -0.1) is 11.3 Å². The number of hydrogen-bond donors (Lipinski definition) is 4. The van der Waals surface area contributed by atoms with E-state index in [1.165, 1.54) is 30.2 Å². The van der Waals surface area contributed by atoms with Crippen molar-refractivity contribution < 1.29 is 30.4 Å². The second kappa shape index (κ2) is 12.0. The number of allylic oxidation sites excluding steroid dienone is 1. The standard InChI is InChI=1S/C27H30F5N9O2S2/c28-23(29)12-35-16-1-3-17(4-2-16)38-20-9-26(33,36-11-19(20)21-14-44-25(39-21)27(30,31)32)22-7-8-34-24(40-22)15-10-37-41(13-15)45(42,43)18-5-6-18/h7-11,13-14,16-18,23,35-36,38H,1-6,12,33H2. The smallest absolute Gasteiger partial charge is 0.382 e. The zero-order chi connectivity index (χ0) is 32.0. The van der Waals surface area contributed by atoms with Gasteiger partial charge in [-0.25, -0.2) is 32.2 Å². The number of thiazole rings is 1. The molecule has 2 aliphatic carbocycles.